The molecule has 14 heavy (non-hydrogen) atoms. The van der Waals surface area contributed by atoms with E-state index < -0.39 is 0 Å². The minimum Gasteiger partial charge on any atom is -0.315 e. The van der Waals surface area contributed by atoms with Crippen molar-refractivity contribution in [2.45, 2.75) is 65.3 Å². The van der Waals surface area contributed by atoms with Crippen molar-refractivity contribution < 1.29 is 0 Å². The van der Waals surface area contributed by atoms with Crippen molar-refractivity contribution in [2.24, 2.45) is 11.8 Å². The Balaban J connectivity index is 1.96. The molecule has 1 aliphatic rings. The predicted octanol–water partition coefficient (Wildman–Crippen LogP) is 3.59. The second-order valence-corrected chi connectivity index (χ2v) is 5.38. The van der Waals surface area contributed by atoms with Crippen molar-refractivity contribution in [3.05, 3.63) is 0 Å². The molecule has 1 rings (SSSR count). The van der Waals surface area contributed by atoms with Crippen LogP contribution in [-0.2, 0) is 0 Å². The molecular formula is C13H27N. The van der Waals surface area contributed by atoms with E-state index in [0.717, 1.165) is 11.8 Å². The molecule has 1 nitrogen and oxygen atoms in total. The summed E-state index contributed by atoms with van der Waals surface area (Å²) >= 11 is 0. The topological polar surface area (TPSA) is 12.0 Å². The molecule has 0 aromatic rings. The summed E-state index contributed by atoms with van der Waals surface area (Å²) in [4.78, 5) is 0. The van der Waals surface area contributed by atoms with Gasteiger partial charge >= 0.3 is 0 Å². The molecule has 0 heterocycles. The summed E-state index contributed by atoms with van der Waals surface area (Å²) in [6.45, 7) is 8.06. The fourth-order valence-electron chi connectivity index (χ4n) is 2.40. The van der Waals surface area contributed by atoms with Gasteiger partial charge in [0, 0.05) is 6.04 Å². The van der Waals surface area contributed by atoms with E-state index in [4.69, 9.17) is 0 Å². The lowest BCUT2D eigenvalue weighted by atomic mass is 9.81. The highest BCUT2D eigenvalue weighted by Crippen LogP contribution is 2.30. The summed E-state index contributed by atoms with van der Waals surface area (Å²) in [6.07, 6.45) is 8.75. The van der Waals surface area contributed by atoms with Crippen LogP contribution in [0.1, 0.15) is 59.3 Å². The summed E-state index contributed by atoms with van der Waals surface area (Å²) in [5, 5.41) is 3.49. The number of hydrogen-bond donors (Lipinski definition) is 1. The van der Waals surface area contributed by atoms with Crippen molar-refractivity contribution in [1.82, 2.24) is 5.32 Å². The zero-order valence-corrected chi connectivity index (χ0v) is 10.2. The van der Waals surface area contributed by atoms with Crippen molar-refractivity contribution in [3.8, 4) is 0 Å². The molecule has 1 saturated carbocycles. The van der Waals surface area contributed by atoms with E-state index in [9.17, 15) is 0 Å². The third-order valence-corrected chi connectivity index (χ3v) is 3.48. The van der Waals surface area contributed by atoms with Gasteiger partial charge in [-0.2, -0.15) is 0 Å². The number of nitrogens with one attached hydrogen (secondary N) is 1. The lowest BCUT2D eigenvalue weighted by Gasteiger charge is -2.26. The first-order valence-electron chi connectivity index (χ1n) is 6.42. The molecule has 0 radical (unpaired) electrons. The maximum Gasteiger partial charge on any atom is 0.00103 e. The lowest BCUT2D eigenvalue weighted by Crippen LogP contribution is -2.24. The minimum atomic E-state index is 0.654. The monoisotopic (exact) mass is 197 g/mol. The van der Waals surface area contributed by atoms with Gasteiger partial charge in [0.05, 0.1) is 0 Å². The summed E-state index contributed by atoms with van der Waals surface area (Å²) in [6, 6.07) is 0.654. The van der Waals surface area contributed by atoms with Gasteiger partial charge in [-0.25, -0.2) is 0 Å². The molecule has 1 aliphatic carbocycles. The molecule has 0 aliphatic heterocycles. The van der Waals surface area contributed by atoms with Crippen molar-refractivity contribution >= 4 is 0 Å². The SMILES string of the molecule is CC1CCC(CCCNC(C)C)CC1. The third-order valence-electron chi connectivity index (χ3n) is 3.48. The predicted molar refractivity (Wildman–Crippen MR) is 63.5 cm³/mol. The van der Waals surface area contributed by atoms with E-state index in [-0.39, 0.29) is 0 Å². The van der Waals surface area contributed by atoms with Gasteiger partial charge in [-0.05, 0) is 31.2 Å². The molecule has 0 spiro atoms. The summed E-state index contributed by atoms with van der Waals surface area (Å²) < 4.78 is 0. The fourth-order valence-corrected chi connectivity index (χ4v) is 2.40. The summed E-state index contributed by atoms with van der Waals surface area (Å²) in [7, 11) is 0. The molecule has 0 bridgehead atoms. The van der Waals surface area contributed by atoms with Crippen molar-refractivity contribution in [1.29, 1.82) is 0 Å². The van der Waals surface area contributed by atoms with E-state index >= 15 is 0 Å². The largest absolute Gasteiger partial charge is 0.315 e. The highest BCUT2D eigenvalue weighted by molar-refractivity contribution is 4.70. The highest BCUT2D eigenvalue weighted by Gasteiger charge is 2.17. The Morgan fingerprint density at radius 3 is 2.36 bits per heavy atom. The molecular weight excluding hydrogens is 170 g/mol. The summed E-state index contributed by atoms with van der Waals surface area (Å²) in [5.41, 5.74) is 0. The first-order valence-corrected chi connectivity index (χ1v) is 6.42. The highest BCUT2D eigenvalue weighted by atomic mass is 14.9. The maximum atomic E-state index is 3.49. The van der Waals surface area contributed by atoms with Crippen LogP contribution in [-0.4, -0.2) is 12.6 Å². The van der Waals surface area contributed by atoms with Gasteiger partial charge in [-0.15, -0.1) is 0 Å². The van der Waals surface area contributed by atoms with Gasteiger partial charge in [0.2, 0.25) is 0 Å². The lowest BCUT2D eigenvalue weighted by molar-refractivity contribution is 0.272. The minimum absolute atomic E-state index is 0.654. The Hall–Kier alpha value is -0.0400. The first kappa shape index (κ1) is 12.0. The van der Waals surface area contributed by atoms with Crippen LogP contribution in [0.2, 0.25) is 0 Å². The van der Waals surface area contributed by atoms with E-state index in [1.165, 1.54) is 45.1 Å². The molecule has 84 valence electrons. The Morgan fingerprint density at radius 2 is 1.79 bits per heavy atom. The second kappa shape index (κ2) is 6.44. The van der Waals surface area contributed by atoms with Crippen LogP contribution in [0.15, 0.2) is 0 Å². The molecule has 0 aromatic carbocycles. The van der Waals surface area contributed by atoms with Gasteiger partial charge in [0.15, 0.2) is 0 Å². The summed E-state index contributed by atoms with van der Waals surface area (Å²) in [5.74, 6) is 2.04. The Kier molecular flexibility index (Phi) is 5.54. The van der Waals surface area contributed by atoms with E-state index in [1.807, 2.05) is 0 Å². The van der Waals surface area contributed by atoms with E-state index in [2.05, 4.69) is 26.1 Å². The van der Waals surface area contributed by atoms with Crippen LogP contribution in [0, 0.1) is 11.8 Å². The zero-order valence-electron chi connectivity index (χ0n) is 10.2. The van der Waals surface area contributed by atoms with Crippen LogP contribution >= 0.6 is 0 Å². The Morgan fingerprint density at radius 1 is 1.14 bits per heavy atom. The molecule has 1 heteroatoms. The normalized spacial score (nSPS) is 28.3. The van der Waals surface area contributed by atoms with Crippen LogP contribution < -0.4 is 5.32 Å². The van der Waals surface area contributed by atoms with Crippen LogP contribution in [0.4, 0.5) is 0 Å². The van der Waals surface area contributed by atoms with Gasteiger partial charge in [0.1, 0.15) is 0 Å². The Bertz CT molecular complexity index is 134. The van der Waals surface area contributed by atoms with Crippen molar-refractivity contribution in [2.75, 3.05) is 6.54 Å². The quantitative estimate of drug-likeness (QED) is 0.664. The van der Waals surface area contributed by atoms with Gasteiger partial charge < -0.3 is 5.32 Å². The zero-order chi connectivity index (χ0) is 10.4. The van der Waals surface area contributed by atoms with E-state index in [0.29, 0.717) is 6.04 Å². The first-order chi connectivity index (χ1) is 6.68. The van der Waals surface area contributed by atoms with Gasteiger partial charge in [0.25, 0.3) is 0 Å². The molecule has 1 N–H and O–H groups in total. The molecule has 0 saturated heterocycles. The Labute approximate surface area is 89.7 Å². The molecule has 0 unspecified atom stereocenters. The van der Waals surface area contributed by atoms with Crippen molar-refractivity contribution in [3.63, 3.8) is 0 Å². The van der Waals surface area contributed by atoms with Gasteiger partial charge in [-0.3, -0.25) is 0 Å². The number of rotatable bonds is 5. The number of hydrogen-bond acceptors (Lipinski definition) is 1. The smallest absolute Gasteiger partial charge is 0.00103 e. The van der Waals surface area contributed by atoms with Gasteiger partial charge in [-0.1, -0.05) is 46.5 Å². The maximum absolute atomic E-state index is 3.49. The van der Waals surface area contributed by atoms with E-state index in [1.54, 1.807) is 0 Å². The second-order valence-electron chi connectivity index (χ2n) is 5.38. The molecule has 0 atom stereocenters. The molecule has 0 aromatic heterocycles. The standard InChI is InChI=1S/C13H27N/c1-11(2)14-10-4-5-13-8-6-12(3)7-9-13/h11-14H,4-10H2,1-3H3. The average Bonchev–Trinajstić information content (AvgIpc) is 2.15. The average molecular weight is 197 g/mol. The molecule has 1 fully saturated rings. The van der Waals surface area contributed by atoms with Crippen LogP contribution in [0.5, 0.6) is 0 Å². The fraction of sp³-hybridized carbons (Fsp3) is 1.00. The van der Waals surface area contributed by atoms with Crippen LogP contribution in [0.25, 0.3) is 0 Å². The molecule has 0 amide bonds. The van der Waals surface area contributed by atoms with Crippen LogP contribution in [0.3, 0.4) is 0 Å². The third kappa shape index (κ3) is 4.99.